The van der Waals surface area contributed by atoms with Crippen molar-refractivity contribution >= 4 is 67.7 Å². The van der Waals surface area contributed by atoms with Crippen LogP contribution in [0.2, 0.25) is 5.02 Å². The molecule has 0 bridgehead atoms. The quantitative estimate of drug-likeness (QED) is 0.247. The molecule has 0 radical (unpaired) electrons. The first kappa shape index (κ1) is 22.5. The number of ether oxygens (including phenoxy) is 1. The minimum Gasteiger partial charge on any atom is -0.504 e. The maximum absolute atomic E-state index is 13.5. The predicted molar refractivity (Wildman–Crippen MR) is 139 cm³/mol. The van der Waals surface area contributed by atoms with Crippen LogP contribution in [0.25, 0.3) is 16.3 Å². The van der Waals surface area contributed by atoms with E-state index in [1.807, 2.05) is 48.5 Å². The Morgan fingerprint density at radius 2 is 1.94 bits per heavy atom. The number of fused-ring (bicyclic) bond motifs is 1. The number of hydrogen-bond acceptors (Lipinski definition) is 7. The molecule has 34 heavy (non-hydrogen) atoms. The molecule has 1 N–H and O–H groups in total. The number of aromatic nitrogens is 1. The molecule has 0 spiro atoms. The van der Waals surface area contributed by atoms with Crippen LogP contribution in [-0.2, 0) is 4.79 Å². The highest BCUT2D eigenvalue weighted by Gasteiger charge is 2.33. The van der Waals surface area contributed by atoms with Crippen LogP contribution in [0.4, 0.5) is 5.13 Å². The number of hydrogen-bond donors (Lipinski definition) is 1. The Labute approximate surface area is 209 Å². The van der Waals surface area contributed by atoms with Crippen molar-refractivity contribution < 1.29 is 14.6 Å². The number of rotatable bonds is 6. The van der Waals surface area contributed by atoms with E-state index in [4.69, 9.17) is 16.3 Å². The molecule has 5 rings (SSSR count). The second-order valence-corrected chi connectivity index (χ2v) is 9.85. The van der Waals surface area contributed by atoms with Gasteiger partial charge in [0.05, 0.1) is 28.6 Å². The van der Waals surface area contributed by atoms with E-state index in [2.05, 4.69) is 10.1 Å². The van der Waals surface area contributed by atoms with E-state index in [0.29, 0.717) is 38.5 Å². The van der Waals surface area contributed by atoms with E-state index in [1.165, 1.54) is 29.5 Å². The fraction of sp³-hybridized carbons (Fsp3) is 0.0800. The lowest BCUT2D eigenvalue weighted by Crippen LogP contribution is -2.21. The molecule has 1 aromatic heterocycles. The number of phenols is 1. The van der Waals surface area contributed by atoms with Gasteiger partial charge in [-0.15, -0.1) is 11.8 Å². The summed E-state index contributed by atoms with van der Waals surface area (Å²) >= 11 is 8.98. The molecule has 0 unspecified atom stereocenters. The van der Waals surface area contributed by atoms with Gasteiger partial charge in [-0.05, 0) is 60.2 Å². The summed E-state index contributed by atoms with van der Waals surface area (Å²) in [6.45, 7) is 0. The van der Waals surface area contributed by atoms with Gasteiger partial charge in [0.1, 0.15) is 0 Å². The lowest BCUT2D eigenvalue weighted by Gasteiger charge is -2.07. The third-order valence-electron chi connectivity index (χ3n) is 5.12. The molecular formula is C25H18ClN3O3S2. The summed E-state index contributed by atoms with van der Waals surface area (Å²) in [5.41, 5.74) is 2.64. The zero-order valence-corrected chi connectivity index (χ0v) is 20.3. The Hall–Kier alpha value is -3.33. The van der Waals surface area contributed by atoms with Crippen LogP contribution in [0.1, 0.15) is 5.56 Å². The van der Waals surface area contributed by atoms with Gasteiger partial charge in [0.25, 0.3) is 5.91 Å². The second-order valence-electron chi connectivity index (χ2n) is 7.36. The second kappa shape index (κ2) is 9.50. The highest BCUT2D eigenvalue weighted by atomic mass is 35.5. The monoisotopic (exact) mass is 507 g/mol. The van der Waals surface area contributed by atoms with E-state index < -0.39 is 0 Å². The average molecular weight is 508 g/mol. The predicted octanol–water partition coefficient (Wildman–Crippen LogP) is 6.24. The summed E-state index contributed by atoms with van der Waals surface area (Å²) in [6.07, 6.45) is 1.76. The van der Waals surface area contributed by atoms with Crippen LogP contribution in [0.15, 0.2) is 82.3 Å². The topological polar surface area (TPSA) is 75.0 Å². The van der Waals surface area contributed by atoms with Crippen molar-refractivity contribution in [3.63, 3.8) is 0 Å². The Balaban J connectivity index is 1.51. The van der Waals surface area contributed by atoms with Gasteiger partial charge in [0.2, 0.25) is 5.13 Å². The molecule has 4 aromatic rings. The van der Waals surface area contributed by atoms with Crippen molar-refractivity contribution in [1.82, 2.24) is 4.98 Å². The van der Waals surface area contributed by atoms with Crippen LogP contribution in [0.3, 0.4) is 0 Å². The SMILES string of the molecule is COc1cc(/C=C2/C(=O)N(c3nc4ccccc4s3)N=C2CSc2ccc(Cl)cc2)ccc1O. The first-order chi connectivity index (χ1) is 16.5. The standard InChI is InChI=1S/C25H18ClN3O3S2/c1-32-22-13-15(6-11-21(22)30)12-18-20(14-33-17-9-7-16(26)8-10-17)28-29(24(18)31)25-27-19-4-2-3-5-23(19)34-25/h2-13,30H,14H2,1H3/b18-12+. The molecule has 3 aromatic carbocycles. The minimum absolute atomic E-state index is 0.0330. The molecule has 170 valence electrons. The van der Waals surface area contributed by atoms with E-state index in [9.17, 15) is 9.90 Å². The minimum atomic E-state index is -0.252. The summed E-state index contributed by atoms with van der Waals surface area (Å²) in [5, 5.41) is 17.1. The van der Waals surface area contributed by atoms with Crippen LogP contribution in [0, 0.1) is 0 Å². The van der Waals surface area contributed by atoms with Crippen LogP contribution >= 0.6 is 34.7 Å². The number of methoxy groups -OCH3 is 1. The first-order valence-electron chi connectivity index (χ1n) is 10.3. The molecule has 9 heteroatoms. The summed E-state index contributed by atoms with van der Waals surface area (Å²) in [7, 11) is 1.48. The summed E-state index contributed by atoms with van der Waals surface area (Å²) in [6, 6.07) is 20.2. The maximum atomic E-state index is 13.5. The van der Waals surface area contributed by atoms with Crippen molar-refractivity contribution in [3.8, 4) is 11.5 Å². The summed E-state index contributed by atoms with van der Waals surface area (Å²) < 4.78 is 6.20. The Kier molecular flexibility index (Phi) is 6.28. The summed E-state index contributed by atoms with van der Waals surface area (Å²) in [4.78, 5) is 19.1. The zero-order chi connectivity index (χ0) is 23.7. The van der Waals surface area contributed by atoms with Crippen molar-refractivity contribution in [2.24, 2.45) is 5.10 Å². The number of carbonyl (C=O) groups excluding carboxylic acids is 1. The molecule has 2 heterocycles. The number of carbonyl (C=O) groups is 1. The van der Waals surface area contributed by atoms with Gasteiger partial charge in [-0.25, -0.2) is 4.98 Å². The molecule has 0 fully saturated rings. The Bertz CT molecular complexity index is 1410. The van der Waals surface area contributed by atoms with Gasteiger partial charge in [-0.2, -0.15) is 10.1 Å². The smallest absolute Gasteiger partial charge is 0.282 e. The molecule has 0 saturated heterocycles. The van der Waals surface area contributed by atoms with Crippen LogP contribution < -0.4 is 9.75 Å². The van der Waals surface area contributed by atoms with E-state index in [1.54, 1.807) is 30.0 Å². The number of phenolic OH excluding ortho intramolecular Hbond substituents is 1. The zero-order valence-electron chi connectivity index (χ0n) is 17.9. The number of hydrazone groups is 1. The number of thioether (sulfide) groups is 1. The average Bonchev–Trinajstić information content (AvgIpc) is 3.41. The van der Waals surface area contributed by atoms with Gasteiger partial charge >= 0.3 is 0 Å². The van der Waals surface area contributed by atoms with Gasteiger partial charge in [0.15, 0.2) is 11.5 Å². The van der Waals surface area contributed by atoms with E-state index in [-0.39, 0.29) is 11.7 Å². The molecule has 0 atom stereocenters. The number of para-hydroxylation sites is 1. The Morgan fingerprint density at radius 1 is 1.15 bits per heavy atom. The molecule has 1 aliphatic heterocycles. The van der Waals surface area contributed by atoms with Gasteiger partial charge < -0.3 is 9.84 Å². The van der Waals surface area contributed by atoms with Crippen molar-refractivity contribution in [2.75, 3.05) is 17.9 Å². The normalized spacial score (nSPS) is 14.8. The van der Waals surface area contributed by atoms with Gasteiger partial charge in [-0.1, -0.05) is 41.1 Å². The number of nitrogens with zero attached hydrogens (tertiary/aromatic N) is 3. The fourth-order valence-corrected chi connectivity index (χ4v) is 5.31. The van der Waals surface area contributed by atoms with Crippen molar-refractivity contribution in [3.05, 3.63) is 82.9 Å². The lowest BCUT2D eigenvalue weighted by atomic mass is 10.1. The molecular weight excluding hydrogens is 490 g/mol. The molecule has 1 aliphatic rings. The lowest BCUT2D eigenvalue weighted by molar-refractivity contribution is -0.114. The van der Waals surface area contributed by atoms with E-state index >= 15 is 0 Å². The number of amides is 1. The fourth-order valence-electron chi connectivity index (χ4n) is 3.42. The summed E-state index contributed by atoms with van der Waals surface area (Å²) in [5.74, 6) is 0.593. The number of benzene rings is 3. The number of halogens is 1. The van der Waals surface area contributed by atoms with Crippen molar-refractivity contribution in [1.29, 1.82) is 0 Å². The Morgan fingerprint density at radius 3 is 2.71 bits per heavy atom. The van der Waals surface area contributed by atoms with Crippen LogP contribution in [0.5, 0.6) is 11.5 Å². The highest BCUT2D eigenvalue weighted by molar-refractivity contribution is 8.00. The third-order valence-corrected chi connectivity index (χ3v) is 7.41. The molecule has 0 aliphatic carbocycles. The van der Waals surface area contributed by atoms with E-state index in [0.717, 1.165) is 15.1 Å². The largest absolute Gasteiger partial charge is 0.504 e. The number of anilines is 1. The number of thiazole rings is 1. The molecule has 1 amide bonds. The third kappa shape index (κ3) is 4.52. The molecule has 6 nitrogen and oxygen atoms in total. The highest BCUT2D eigenvalue weighted by Crippen LogP contribution is 2.34. The number of aromatic hydroxyl groups is 1. The first-order valence-corrected chi connectivity index (χ1v) is 12.4. The van der Waals surface area contributed by atoms with Gasteiger partial charge in [0, 0.05) is 15.7 Å². The van der Waals surface area contributed by atoms with Gasteiger partial charge in [-0.3, -0.25) is 4.79 Å². The molecule has 0 saturated carbocycles. The van der Waals surface area contributed by atoms with Crippen molar-refractivity contribution in [2.45, 2.75) is 4.90 Å². The van der Waals surface area contributed by atoms with Crippen LogP contribution in [-0.4, -0.2) is 34.6 Å². The maximum Gasteiger partial charge on any atom is 0.282 e.